The Labute approximate surface area is 158 Å². The van der Waals surface area contributed by atoms with Gasteiger partial charge in [-0.05, 0) is 45.2 Å². The minimum Gasteiger partial charge on any atom is -0.389 e. The van der Waals surface area contributed by atoms with Gasteiger partial charge in [0.05, 0.1) is 22.5 Å². The van der Waals surface area contributed by atoms with E-state index < -0.39 is 0 Å². The molecule has 0 atom stereocenters. The van der Waals surface area contributed by atoms with Crippen LogP contribution < -0.4 is 5.32 Å². The van der Waals surface area contributed by atoms with Crippen molar-refractivity contribution in [1.29, 1.82) is 0 Å². The maximum Gasteiger partial charge on any atom is 0.160 e. The minimum absolute atomic E-state index is 0.0725. The molecule has 0 saturated heterocycles. The molecule has 1 aliphatic carbocycles. The molecule has 3 aromatic rings. The molecule has 1 spiro atoms. The molecule has 2 aliphatic rings. The second kappa shape index (κ2) is 6.08. The number of rotatable bonds is 4. The van der Waals surface area contributed by atoms with Gasteiger partial charge in [0.15, 0.2) is 5.65 Å². The number of fused-ring (bicyclic) bond motifs is 1. The van der Waals surface area contributed by atoms with E-state index in [4.69, 9.17) is 9.82 Å². The smallest absolute Gasteiger partial charge is 0.160 e. The number of nitrogens with zero attached hydrogens (tertiary/aromatic N) is 4. The number of aryl methyl sites for hydroxylation is 2. The van der Waals surface area contributed by atoms with Gasteiger partial charge in [0.25, 0.3) is 0 Å². The van der Waals surface area contributed by atoms with Gasteiger partial charge < -0.3 is 10.2 Å². The summed E-state index contributed by atoms with van der Waals surface area (Å²) in [6.45, 7) is 4.91. The predicted octanol–water partition coefficient (Wildman–Crippen LogP) is 4.55. The van der Waals surface area contributed by atoms with E-state index in [1.54, 1.807) is 0 Å². The van der Waals surface area contributed by atoms with E-state index >= 15 is 0 Å². The highest BCUT2D eigenvalue weighted by Gasteiger charge is 2.45. The van der Waals surface area contributed by atoms with Crippen molar-refractivity contribution in [3.8, 4) is 0 Å². The Morgan fingerprint density at radius 3 is 2.70 bits per heavy atom. The number of oxime groups is 1. The number of para-hydroxylation sites is 1. The van der Waals surface area contributed by atoms with E-state index in [1.165, 1.54) is 6.42 Å². The Bertz CT molecular complexity index is 1030. The lowest BCUT2D eigenvalue weighted by Gasteiger charge is -2.34. The first-order valence-corrected chi connectivity index (χ1v) is 9.63. The van der Waals surface area contributed by atoms with Crippen LogP contribution in [0, 0.1) is 6.92 Å². The fraction of sp³-hybridized carbons (Fsp3) is 0.381. The van der Waals surface area contributed by atoms with Crippen LogP contribution in [-0.2, 0) is 11.4 Å². The van der Waals surface area contributed by atoms with E-state index in [-0.39, 0.29) is 5.60 Å². The number of anilines is 2. The van der Waals surface area contributed by atoms with Crippen molar-refractivity contribution >= 4 is 28.1 Å². The molecule has 1 saturated carbocycles. The fourth-order valence-corrected chi connectivity index (χ4v) is 4.06. The summed E-state index contributed by atoms with van der Waals surface area (Å²) in [5, 5.41) is 13.8. The van der Waals surface area contributed by atoms with Crippen LogP contribution in [0.2, 0.25) is 0 Å². The van der Waals surface area contributed by atoms with Crippen LogP contribution in [0.3, 0.4) is 0 Å². The number of aromatic nitrogens is 3. The molecule has 138 valence electrons. The van der Waals surface area contributed by atoms with Crippen molar-refractivity contribution in [1.82, 2.24) is 14.8 Å². The largest absolute Gasteiger partial charge is 0.389 e. The van der Waals surface area contributed by atoms with Gasteiger partial charge in [-0.25, -0.2) is 9.67 Å². The van der Waals surface area contributed by atoms with Gasteiger partial charge in [-0.2, -0.15) is 5.10 Å². The fourth-order valence-electron chi connectivity index (χ4n) is 4.06. The summed E-state index contributed by atoms with van der Waals surface area (Å²) in [7, 11) is 0. The van der Waals surface area contributed by atoms with Crippen LogP contribution in [0.25, 0.3) is 11.0 Å². The molecule has 5 rings (SSSR count). The maximum absolute atomic E-state index is 5.83. The van der Waals surface area contributed by atoms with Crippen molar-refractivity contribution in [3.63, 3.8) is 0 Å². The van der Waals surface area contributed by atoms with Gasteiger partial charge in [0.2, 0.25) is 0 Å². The molecular weight excluding hydrogens is 338 g/mol. The molecule has 2 aromatic heterocycles. The Morgan fingerprint density at radius 2 is 2.04 bits per heavy atom. The zero-order chi connectivity index (χ0) is 18.4. The monoisotopic (exact) mass is 361 g/mol. The van der Waals surface area contributed by atoms with Crippen LogP contribution in [0.1, 0.15) is 43.9 Å². The van der Waals surface area contributed by atoms with Gasteiger partial charge in [-0.15, -0.1) is 0 Å². The third-order valence-electron chi connectivity index (χ3n) is 5.69. The molecule has 1 aliphatic heterocycles. The molecule has 6 heteroatoms. The molecule has 1 aromatic carbocycles. The molecular formula is C21H23N5O. The quantitative estimate of drug-likeness (QED) is 0.740. The van der Waals surface area contributed by atoms with Gasteiger partial charge >= 0.3 is 0 Å². The minimum atomic E-state index is -0.0725. The molecule has 0 unspecified atom stereocenters. The molecule has 27 heavy (non-hydrogen) atoms. The number of hydrogen-bond acceptors (Lipinski definition) is 5. The number of benzene rings is 1. The highest BCUT2D eigenvalue weighted by molar-refractivity contribution is 6.12. The second-order valence-corrected chi connectivity index (χ2v) is 7.48. The summed E-state index contributed by atoms with van der Waals surface area (Å²) >= 11 is 0. The Morgan fingerprint density at radius 1 is 1.22 bits per heavy atom. The first-order chi connectivity index (χ1) is 13.2. The van der Waals surface area contributed by atoms with Gasteiger partial charge in [-0.3, -0.25) is 0 Å². The normalized spacial score (nSPS) is 17.6. The maximum atomic E-state index is 5.83. The standard InChI is InChI=1S/C21H23N5O/c1-3-26-20-18(14(2)24-26)19(23-15-8-5-4-6-9-15)16(13-22-20)17-12-21(27-25-17)10-7-11-21/h4-6,8-9,13H,3,7,10-12H2,1-2H3,(H,22,23). The van der Waals surface area contributed by atoms with Crippen molar-refractivity contribution in [3.05, 3.63) is 47.8 Å². The molecule has 3 heterocycles. The van der Waals surface area contributed by atoms with Crippen molar-refractivity contribution in [2.75, 3.05) is 5.32 Å². The summed E-state index contributed by atoms with van der Waals surface area (Å²) in [5.74, 6) is 0. The van der Waals surface area contributed by atoms with Crippen molar-refractivity contribution < 1.29 is 4.84 Å². The van der Waals surface area contributed by atoms with E-state index in [9.17, 15) is 0 Å². The second-order valence-electron chi connectivity index (χ2n) is 7.48. The van der Waals surface area contributed by atoms with E-state index in [1.807, 2.05) is 36.0 Å². The van der Waals surface area contributed by atoms with Gasteiger partial charge in [-0.1, -0.05) is 23.4 Å². The van der Waals surface area contributed by atoms with Crippen LogP contribution in [-0.4, -0.2) is 26.1 Å². The molecule has 0 amide bonds. The van der Waals surface area contributed by atoms with E-state index in [0.29, 0.717) is 0 Å². The number of nitrogens with one attached hydrogen (secondary N) is 1. The molecule has 1 N–H and O–H groups in total. The first kappa shape index (κ1) is 16.3. The first-order valence-electron chi connectivity index (χ1n) is 9.63. The molecule has 6 nitrogen and oxygen atoms in total. The summed E-state index contributed by atoms with van der Waals surface area (Å²) < 4.78 is 1.95. The lowest BCUT2D eigenvalue weighted by atomic mass is 9.76. The third kappa shape index (κ3) is 2.59. The lowest BCUT2D eigenvalue weighted by Crippen LogP contribution is -2.37. The Kier molecular flexibility index (Phi) is 3.67. The SMILES string of the molecule is CCn1nc(C)c2c(Nc3ccccc3)c(C3=NOC4(CCC4)C3)cnc21. The van der Waals surface area contributed by atoms with Crippen molar-refractivity contribution in [2.24, 2.45) is 5.16 Å². The topological polar surface area (TPSA) is 64.3 Å². The van der Waals surface area contributed by atoms with Crippen LogP contribution in [0.15, 0.2) is 41.7 Å². The molecule has 1 fully saturated rings. The average molecular weight is 361 g/mol. The van der Waals surface area contributed by atoms with E-state index in [0.717, 1.165) is 65.2 Å². The van der Waals surface area contributed by atoms with Crippen LogP contribution in [0.4, 0.5) is 11.4 Å². The average Bonchev–Trinajstić information content (AvgIpc) is 3.25. The summed E-state index contributed by atoms with van der Waals surface area (Å²) in [5.41, 5.74) is 5.83. The summed E-state index contributed by atoms with van der Waals surface area (Å²) in [6.07, 6.45) is 6.16. The van der Waals surface area contributed by atoms with Crippen LogP contribution >= 0.6 is 0 Å². The lowest BCUT2D eigenvalue weighted by molar-refractivity contribution is -0.0755. The van der Waals surface area contributed by atoms with Crippen molar-refractivity contribution in [2.45, 2.75) is 51.7 Å². The van der Waals surface area contributed by atoms with E-state index in [2.05, 4.69) is 34.6 Å². The third-order valence-corrected chi connectivity index (χ3v) is 5.69. The predicted molar refractivity (Wildman–Crippen MR) is 106 cm³/mol. The summed E-state index contributed by atoms with van der Waals surface area (Å²) in [4.78, 5) is 10.6. The molecule has 0 bridgehead atoms. The zero-order valence-corrected chi connectivity index (χ0v) is 15.7. The highest BCUT2D eigenvalue weighted by atomic mass is 16.7. The Hall–Kier alpha value is -2.89. The molecule has 0 radical (unpaired) electrons. The zero-order valence-electron chi connectivity index (χ0n) is 15.7. The van der Waals surface area contributed by atoms with Gasteiger partial charge in [0, 0.05) is 30.4 Å². The number of hydrogen-bond donors (Lipinski definition) is 1. The number of pyridine rings is 1. The summed E-state index contributed by atoms with van der Waals surface area (Å²) in [6, 6.07) is 10.2. The Balaban J connectivity index is 1.66. The highest BCUT2D eigenvalue weighted by Crippen LogP contribution is 2.44. The van der Waals surface area contributed by atoms with Crippen LogP contribution in [0.5, 0.6) is 0 Å². The van der Waals surface area contributed by atoms with Gasteiger partial charge in [0.1, 0.15) is 5.60 Å².